The zero-order valence-electron chi connectivity index (χ0n) is 13.0. The van der Waals surface area contributed by atoms with Gasteiger partial charge in [-0.1, -0.05) is 57.0 Å². The van der Waals surface area contributed by atoms with Crippen molar-refractivity contribution in [1.29, 1.82) is 0 Å². The Morgan fingerprint density at radius 1 is 1.19 bits per heavy atom. The van der Waals surface area contributed by atoms with Gasteiger partial charge < -0.3 is 5.73 Å². The summed E-state index contributed by atoms with van der Waals surface area (Å²) >= 11 is 0. The molecule has 3 nitrogen and oxygen atoms in total. The van der Waals surface area contributed by atoms with Crippen LogP contribution >= 0.6 is 0 Å². The molecule has 0 amide bonds. The van der Waals surface area contributed by atoms with Crippen LogP contribution in [0, 0.1) is 5.92 Å². The molecule has 0 radical (unpaired) electrons. The van der Waals surface area contributed by atoms with E-state index in [9.17, 15) is 0 Å². The number of hydrogen-bond donors (Lipinski definition) is 2. The Labute approximate surface area is 127 Å². The minimum atomic E-state index is 0.226. The summed E-state index contributed by atoms with van der Waals surface area (Å²) in [6, 6.07) is 10.4. The molecule has 0 saturated heterocycles. The van der Waals surface area contributed by atoms with Crippen LogP contribution in [0.4, 0.5) is 5.82 Å². The van der Waals surface area contributed by atoms with Crippen molar-refractivity contribution in [2.45, 2.75) is 51.4 Å². The molecule has 3 N–H and O–H groups in total. The van der Waals surface area contributed by atoms with Crippen LogP contribution in [0.5, 0.6) is 0 Å². The average molecular weight is 283 g/mol. The van der Waals surface area contributed by atoms with Crippen LogP contribution in [0.1, 0.15) is 51.6 Å². The molecular formula is C18H25N3. The first-order valence-corrected chi connectivity index (χ1v) is 8.02. The zero-order chi connectivity index (χ0) is 14.9. The number of benzene rings is 1. The highest BCUT2D eigenvalue weighted by atomic mass is 15.2. The molecule has 1 heterocycles. The van der Waals surface area contributed by atoms with Crippen LogP contribution in [0.15, 0.2) is 30.3 Å². The lowest BCUT2D eigenvalue weighted by molar-refractivity contribution is 0.338. The lowest BCUT2D eigenvalue weighted by Crippen LogP contribution is -2.25. The van der Waals surface area contributed by atoms with E-state index in [1.807, 2.05) is 6.07 Å². The Hall–Kier alpha value is -1.77. The fourth-order valence-electron chi connectivity index (χ4n) is 4.03. The van der Waals surface area contributed by atoms with Crippen molar-refractivity contribution in [3.05, 3.63) is 36.0 Å². The molecule has 1 aromatic heterocycles. The molecule has 112 valence electrons. The molecule has 0 bridgehead atoms. The maximum atomic E-state index is 6.19. The third-order valence-electron chi connectivity index (χ3n) is 4.75. The summed E-state index contributed by atoms with van der Waals surface area (Å²) in [4.78, 5) is 0. The van der Waals surface area contributed by atoms with Crippen molar-refractivity contribution >= 4 is 5.82 Å². The van der Waals surface area contributed by atoms with Gasteiger partial charge in [-0.15, -0.1) is 0 Å². The van der Waals surface area contributed by atoms with Gasteiger partial charge in [0.1, 0.15) is 0 Å². The zero-order valence-corrected chi connectivity index (χ0v) is 13.0. The quantitative estimate of drug-likeness (QED) is 0.867. The Balaban J connectivity index is 2.10. The minimum absolute atomic E-state index is 0.226. The van der Waals surface area contributed by atoms with Gasteiger partial charge in [0.15, 0.2) is 5.82 Å². The maximum Gasteiger partial charge on any atom is 0.153 e. The predicted octanol–water partition coefficient (Wildman–Crippen LogP) is 4.52. The molecule has 0 aliphatic heterocycles. The van der Waals surface area contributed by atoms with Crippen LogP contribution in [-0.4, -0.2) is 10.2 Å². The molecule has 0 unspecified atom stereocenters. The van der Waals surface area contributed by atoms with Crippen molar-refractivity contribution in [2.24, 2.45) is 5.92 Å². The number of nitrogens with two attached hydrogens (primary N) is 1. The smallest absolute Gasteiger partial charge is 0.153 e. The molecule has 1 aromatic carbocycles. The van der Waals surface area contributed by atoms with E-state index in [-0.39, 0.29) is 5.41 Å². The Morgan fingerprint density at radius 3 is 2.48 bits per heavy atom. The van der Waals surface area contributed by atoms with E-state index in [0.717, 1.165) is 5.56 Å². The van der Waals surface area contributed by atoms with Gasteiger partial charge in [0, 0.05) is 11.0 Å². The molecule has 2 aromatic rings. The molecule has 1 aliphatic carbocycles. The van der Waals surface area contributed by atoms with Crippen molar-refractivity contribution in [2.75, 3.05) is 5.73 Å². The monoisotopic (exact) mass is 283 g/mol. The first-order chi connectivity index (χ1) is 10.1. The van der Waals surface area contributed by atoms with Crippen LogP contribution in [-0.2, 0) is 5.41 Å². The summed E-state index contributed by atoms with van der Waals surface area (Å²) in [5.41, 5.74) is 9.97. The van der Waals surface area contributed by atoms with Gasteiger partial charge in [-0.2, -0.15) is 5.10 Å². The highest BCUT2D eigenvalue weighted by Crippen LogP contribution is 2.48. The fourth-order valence-corrected chi connectivity index (χ4v) is 4.03. The minimum Gasteiger partial charge on any atom is -0.382 e. The number of hydrogen-bond acceptors (Lipinski definition) is 2. The summed E-state index contributed by atoms with van der Waals surface area (Å²) < 4.78 is 0. The number of anilines is 1. The topological polar surface area (TPSA) is 54.7 Å². The standard InChI is InChI=1S/C18H25N3/c1-13(2)12-18(10-6-7-11-18)16-15(17(19)21-20-16)14-8-4-3-5-9-14/h3-5,8-9,13H,6-7,10-12H2,1-2H3,(H3,19,20,21). The highest BCUT2D eigenvalue weighted by Gasteiger charge is 2.40. The van der Waals surface area contributed by atoms with Crippen LogP contribution in [0.2, 0.25) is 0 Å². The average Bonchev–Trinajstić information content (AvgIpc) is 3.07. The number of aromatic amines is 1. The Morgan fingerprint density at radius 2 is 1.86 bits per heavy atom. The first kappa shape index (κ1) is 14.2. The van der Waals surface area contributed by atoms with Crippen LogP contribution in [0.25, 0.3) is 11.1 Å². The largest absolute Gasteiger partial charge is 0.382 e. The van der Waals surface area contributed by atoms with Crippen LogP contribution in [0.3, 0.4) is 0 Å². The molecular weight excluding hydrogens is 258 g/mol. The molecule has 1 aliphatic rings. The van der Waals surface area contributed by atoms with E-state index in [1.165, 1.54) is 43.4 Å². The number of nitrogen functional groups attached to an aromatic ring is 1. The van der Waals surface area contributed by atoms with E-state index in [2.05, 4.69) is 48.3 Å². The van der Waals surface area contributed by atoms with Crippen molar-refractivity contribution in [1.82, 2.24) is 10.2 Å². The Bertz CT molecular complexity index is 592. The number of nitrogens with zero attached hydrogens (tertiary/aromatic N) is 1. The van der Waals surface area contributed by atoms with Crippen molar-refractivity contribution < 1.29 is 0 Å². The molecule has 1 saturated carbocycles. The van der Waals surface area contributed by atoms with Crippen molar-refractivity contribution in [3.63, 3.8) is 0 Å². The number of H-pyrrole nitrogens is 1. The summed E-state index contributed by atoms with van der Waals surface area (Å²) in [6.07, 6.45) is 6.30. The maximum absolute atomic E-state index is 6.19. The molecule has 0 atom stereocenters. The summed E-state index contributed by atoms with van der Waals surface area (Å²) in [5, 5.41) is 7.63. The molecule has 3 rings (SSSR count). The third kappa shape index (κ3) is 2.57. The summed E-state index contributed by atoms with van der Waals surface area (Å²) in [7, 11) is 0. The SMILES string of the molecule is CC(C)CC1(c2[nH]nc(N)c2-c2ccccc2)CCCC1. The molecule has 21 heavy (non-hydrogen) atoms. The van der Waals surface area contributed by atoms with Gasteiger partial charge >= 0.3 is 0 Å². The Kier molecular flexibility index (Phi) is 3.75. The second kappa shape index (κ2) is 5.55. The van der Waals surface area contributed by atoms with E-state index >= 15 is 0 Å². The van der Waals surface area contributed by atoms with Crippen molar-refractivity contribution in [3.8, 4) is 11.1 Å². The van der Waals surface area contributed by atoms with Gasteiger partial charge in [0.25, 0.3) is 0 Å². The second-order valence-electron chi connectivity index (χ2n) is 6.81. The third-order valence-corrected chi connectivity index (χ3v) is 4.75. The number of rotatable bonds is 4. The first-order valence-electron chi connectivity index (χ1n) is 8.02. The highest BCUT2D eigenvalue weighted by molar-refractivity contribution is 5.77. The van der Waals surface area contributed by atoms with E-state index in [1.54, 1.807) is 0 Å². The predicted molar refractivity (Wildman–Crippen MR) is 88.0 cm³/mol. The van der Waals surface area contributed by atoms with Gasteiger partial charge in [-0.25, -0.2) is 0 Å². The van der Waals surface area contributed by atoms with E-state index in [4.69, 9.17) is 5.73 Å². The van der Waals surface area contributed by atoms with Gasteiger partial charge in [0.05, 0.1) is 5.69 Å². The van der Waals surface area contributed by atoms with Gasteiger partial charge in [0.2, 0.25) is 0 Å². The van der Waals surface area contributed by atoms with Crippen LogP contribution < -0.4 is 5.73 Å². The van der Waals surface area contributed by atoms with Gasteiger partial charge in [-0.3, -0.25) is 5.10 Å². The number of aromatic nitrogens is 2. The van der Waals surface area contributed by atoms with Gasteiger partial charge in [-0.05, 0) is 30.7 Å². The molecule has 0 spiro atoms. The second-order valence-corrected chi connectivity index (χ2v) is 6.81. The molecule has 1 fully saturated rings. The number of nitrogens with one attached hydrogen (secondary N) is 1. The summed E-state index contributed by atoms with van der Waals surface area (Å²) in [6.45, 7) is 4.62. The molecule has 3 heteroatoms. The lowest BCUT2D eigenvalue weighted by Gasteiger charge is -2.31. The normalized spacial score (nSPS) is 17.5. The summed E-state index contributed by atoms with van der Waals surface area (Å²) in [5.74, 6) is 1.31. The van der Waals surface area contributed by atoms with E-state index < -0.39 is 0 Å². The lowest BCUT2D eigenvalue weighted by atomic mass is 9.74. The van der Waals surface area contributed by atoms with E-state index in [0.29, 0.717) is 11.7 Å². The fraction of sp³-hybridized carbons (Fsp3) is 0.500.